The fraction of sp³-hybridized carbons (Fsp3) is 0.412. The minimum absolute atomic E-state index is 0.347. The maximum absolute atomic E-state index is 9.53. The van der Waals surface area contributed by atoms with Gasteiger partial charge >= 0.3 is 0 Å². The first-order valence-corrected chi connectivity index (χ1v) is 6.61. The van der Waals surface area contributed by atoms with E-state index in [0.29, 0.717) is 17.6 Å². The zero-order valence-electron chi connectivity index (χ0n) is 11.5. The molecule has 1 aliphatic carbocycles. The van der Waals surface area contributed by atoms with Crippen LogP contribution in [0.4, 0.5) is 0 Å². The zero-order valence-corrected chi connectivity index (χ0v) is 11.5. The lowest BCUT2D eigenvalue weighted by atomic mass is 9.73. The van der Waals surface area contributed by atoms with Crippen LogP contribution < -0.4 is 0 Å². The van der Waals surface area contributed by atoms with Crippen molar-refractivity contribution in [3.8, 4) is 5.75 Å². The van der Waals surface area contributed by atoms with Gasteiger partial charge in [0.05, 0.1) is 0 Å². The number of hydrogen-bond acceptors (Lipinski definition) is 1. The van der Waals surface area contributed by atoms with Gasteiger partial charge < -0.3 is 5.11 Å². The van der Waals surface area contributed by atoms with Gasteiger partial charge in [0.15, 0.2) is 0 Å². The highest BCUT2D eigenvalue weighted by molar-refractivity contribution is 5.40. The number of rotatable bonds is 2. The molecule has 0 saturated carbocycles. The molecule has 1 N–H and O–H groups in total. The minimum Gasteiger partial charge on any atom is -0.508 e. The second-order valence-electron chi connectivity index (χ2n) is 5.57. The average Bonchev–Trinajstić information content (AvgIpc) is 2.28. The standard InChI is InChI=1S/C17H22O/c1-11(2)15-7-5-12(3)9-17(15)16-8-6-14(18)10-13(16)4/h6,8-10,15,17-18H,1,5,7H2,2-4H3. The van der Waals surface area contributed by atoms with Crippen LogP contribution in [0.15, 0.2) is 42.0 Å². The number of benzene rings is 1. The molecular formula is C17H22O. The van der Waals surface area contributed by atoms with Crippen molar-refractivity contribution in [1.29, 1.82) is 0 Å². The summed E-state index contributed by atoms with van der Waals surface area (Å²) in [5.41, 5.74) is 5.21. The molecule has 0 amide bonds. The van der Waals surface area contributed by atoms with E-state index in [1.54, 1.807) is 6.07 Å². The van der Waals surface area contributed by atoms with Crippen molar-refractivity contribution in [2.24, 2.45) is 5.92 Å². The van der Waals surface area contributed by atoms with Crippen LogP contribution in [0.1, 0.15) is 43.7 Å². The normalized spacial score (nSPS) is 23.6. The number of phenolic OH excluding ortho intramolecular Hbond substituents is 1. The van der Waals surface area contributed by atoms with Crippen LogP contribution in [-0.4, -0.2) is 5.11 Å². The molecule has 1 aromatic carbocycles. The first kappa shape index (κ1) is 12.9. The van der Waals surface area contributed by atoms with Crippen molar-refractivity contribution in [1.82, 2.24) is 0 Å². The molecule has 0 aromatic heterocycles. The Bertz CT molecular complexity index is 496. The Morgan fingerprint density at radius 2 is 2.06 bits per heavy atom. The summed E-state index contributed by atoms with van der Waals surface area (Å²) in [5, 5.41) is 9.53. The summed E-state index contributed by atoms with van der Waals surface area (Å²) in [6.07, 6.45) is 4.73. The lowest BCUT2D eigenvalue weighted by molar-refractivity contribution is 0.469. The molecule has 1 aromatic rings. The van der Waals surface area contributed by atoms with Gasteiger partial charge in [0.1, 0.15) is 5.75 Å². The van der Waals surface area contributed by atoms with Gasteiger partial charge in [-0.15, -0.1) is 0 Å². The second kappa shape index (κ2) is 5.01. The van der Waals surface area contributed by atoms with Gasteiger partial charge in [0.25, 0.3) is 0 Å². The van der Waals surface area contributed by atoms with Crippen molar-refractivity contribution in [2.45, 2.75) is 39.5 Å². The van der Waals surface area contributed by atoms with Crippen LogP contribution in [0.5, 0.6) is 5.75 Å². The molecule has 2 unspecified atom stereocenters. The van der Waals surface area contributed by atoms with E-state index < -0.39 is 0 Å². The molecule has 1 heteroatoms. The van der Waals surface area contributed by atoms with Gasteiger partial charge in [-0.05, 0) is 62.8 Å². The predicted octanol–water partition coefficient (Wildman–Crippen LogP) is 4.72. The Kier molecular flexibility index (Phi) is 3.60. The molecule has 0 radical (unpaired) electrons. The number of aromatic hydroxyl groups is 1. The van der Waals surface area contributed by atoms with E-state index in [2.05, 4.69) is 39.5 Å². The van der Waals surface area contributed by atoms with E-state index >= 15 is 0 Å². The maximum Gasteiger partial charge on any atom is 0.115 e. The van der Waals surface area contributed by atoms with Crippen molar-refractivity contribution in [3.05, 3.63) is 53.1 Å². The Morgan fingerprint density at radius 1 is 1.33 bits per heavy atom. The quantitative estimate of drug-likeness (QED) is 0.744. The van der Waals surface area contributed by atoms with E-state index in [0.717, 1.165) is 5.56 Å². The van der Waals surface area contributed by atoms with Gasteiger partial charge in [-0.1, -0.05) is 29.9 Å². The van der Waals surface area contributed by atoms with Crippen molar-refractivity contribution in [3.63, 3.8) is 0 Å². The highest BCUT2D eigenvalue weighted by Crippen LogP contribution is 2.41. The van der Waals surface area contributed by atoms with Crippen LogP contribution in [0.25, 0.3) is 0 Å². The first-order chi connectivity index (χ1) is 8.49. The highest BCUT2D eigenvalue weighted by Gasteiger charge is 2.26. The number of phenols is 1. The minimum atomic E-state index is 0.347. The molecule has 0 fully saturated rings. The Morgan fingerprint density at radius 3 is 2.67 bits per heavy atom. The summed E-state index contributed by atoms with van der Waals surface area (Å²) in [6.45, 7) is 10.6. The van der Waals surface area contributed by atoms with Crippen molar-refractivity contribution in [2.75, 3.05) is 0 Å². The molecule has 0 saturated heterocycles. The van der Waals surface area contributed by atoms with E-state index in [-0.39, 0.29) is 0 Å². The van der Waals surface area contributed by atoms with E-state index in [1.807, 2.05) is 6.07 Å². The van der Waals surface area contributed by atoms with Gasteiger partial charge in [-0.2, -0.15) is 0 Å². The molecule has 0 heterocycles. The molecule has 1 aliphatic rings. The third-order valence-corrected chi connectivity index (χ3v) is 3.99. The lowest BCUT2D eigenvalue weighted by Gasteiger charge is -2.31. The summed E-state index contributed by atoms with van der Waals surface area (Å²) in [4.78, 5) is 0. The van der Waals surface area contributed by atoms with Gasteiger partial charge in [-0.3, -0.25) is 0 Å². The molecule has 0 aliphatic heterocycles. The molecule has 0 spiro atoms. The van der Waals surface area contributed by atoms with Crippen LogP contribution in [0.2, 0.25) is 0 Å². The van der Waals surface area contributed by atoms with Gasteiger partial charge in [-0.25, -0.2) is 0 Å². The Labute approximate surface area is 110 Å². The van der Waals surface area contributed by atoms with E-state index in [4.69, 9.17) is 0 Å². The highest BCUT2D eigenvalue weighted by atomic mass is 16.3. The molecule has 2 rings (SSSR count). The van der Waals surface area contributed by atoms with E-state index in [9.17, 15) is 5.11 Å². The molecule has 0 bridgehead atoms. The molecule has 18 heavy (non-hydrogen) atoms. The summed E-state index contributed by atoms with van der Waals surface area (Å²) in [5.74, 6) is 1.29. The third-order valence-electron chi connectivity index (χ3n) is 3.99. The summed E-state index contributed by atoms with van der Waals surface area (Å²) in [7, 11) is 0. The smallest absolute Gasteiger partial charge is 0.115 e. The SMILES string of the molecule is C=C(C)C1CCC(C)=CC1c1ccc(O)cc1C. The fourth-order valence-corrected chi connectivity index (χ4v) is 2.96. The molecule has 96 valence electrons. The summed E-state index contributed by atoms with van der Waals surface area (Å²) < 4.78 is 0. The predicted molar refractivity (Wildman–Crippen MR) is 76.9 cm³/mol. The number of allylic oxidation sites excluding steroid dienone is 3. The van der Waals surface area contributed by atoms with Crippen molar-refractivity contribution >= 4 is 0 Å². The fourth-order valence-electron chi connectivity index (χ4n) is 2.96. The van der Waals surface area contributed by atoms with Crippen LogP contribution in [-0.2, 0) is 0 Å². The monoisotopic (exact) mass is 242 g/mol. The van der Waals surface area contributed by atoms with Crippen LogP contribution in [0, 0.1) is 12.8 Å². The maximum atomic E-state index is 9.53. The molecular weight excluding hydrogens is 220 g/mol. The van der Waals surface area contributed by atoms with Crippen LogP contribution >= 0.6 is 0 Å². The molecule has 1 nitrogen and oxygen atoms in total. The Balaban J connectivity index is 2.44. The molecule has 2 atom stereocenters. The number of aryl methyl sites for hydroxylation is 1. The van der Waals surface area contributed by atoms with Gasteiger partial charge in [0.2, 0.25) is 0 Å². The Hall–Kier alpha value is -1.50. The summed E-state index contributed by atoms with van der Waals surface area (Å²) >= 11 is 0. The first-order valence-electron chi connectivity index (χ1n) is 6.61. The lowest BCUT2D eigenvalue weighted by Crippen LogP contribution is -2.17. The second-order valence-corrected chi connectivity index (χ2v) is 5.57. The third kappa shape index (κ3) is 2.50. The topological polar surface area (TPSA) is 20.2 Å². The van der Waals surface area contributed by atoms with E-state index in [1.165, 1.54) is 29.6 Å². The van der Waals surface area contributed by atoms with Crippen molar-refractivity contribution < 1.29 is 5.11 Å². The van der Waals surface area contributed by atoms with Crippen LogP contribution in [0.3, 0.4) is 0 Å². The summed E-state index contributed by atoms with van der Waals surface area (Å²) in [6, 6.07) is 5.69. The number of hydrogen-bond donors (Lipinski definition) is 1. The largest absolute Gasteiger partial charge is 0.508 e. The zero-order chi connectivity index (χ0) is 13.3. The van der Waals surface area contributed by atoms with Gasteiger partial charge in [0, 0.05) is 5.92 Å². The average molecular weight is 242 g/mol.